The molecule has 0 bridgehead atoms. The molecule has 7 nitrogen and oxygen atoms in total. The van der Waals surface area contributed by atoms with Crippen LogP contribution in [-0.2, 0) is 4.74 Å². The second kappa shape index (κ2) is 8.73. The zero-order chi connectivity index (χ0) is 21.3. The van der Waals surface area contributed by atoms with Gasteiger partial charge in [-0.15, -0.1) is 22.7 Å². The van der Waals surface area contributed by atoms with E-state index in [1.807, 2.05) is 44.2 Å². The summed E-state index contributed by atoms with van der Waals surface area (Å²) in [6.45, 7) is 5.03. The summed E-state index contributed by atoms with van der Waals surface area (Å²) in [6.07, 6.45) is 0.151. The normalized spacial score (nSPS) is 11.7. The van der Waals surface area contributed by atoms with Gasteiger partial charge in [-0.2, -0.15) is 0 Å². The fraction of sp³-hybridized carbons (Fsp3) is 0.333. The van der Waals surface area contributed by atoms with E-state index >= 15 is 0 Å². The average Bonchev–Trinajstić information content (AvgIpc) is 3.32. The molecule has 160 valence electrons. The second-order valence-corrected chi connectivity index (χ2v) is 9.23. The molecule has 0 saturated carbocycles. The Kier molecular flexibility index (Phi) is 6.05. The van der Waals surface area contributed by atoms with Crippen LogP contribution >= 0.6 is 22.7 Å². The lowest BCUT2D eigenvalue weighted by Gasteiger charge is -2.14. The lowest BCUT2D eigenvalue weighted by Crippen LogP contribution is -2.11. The fourth-order valence-electron chi connectivity index (χ4n) is 3.32. The number of nitrogen functional groups attached to an aromatic ring is 2. The van der Waals surface area contributed by atoms with Crippen LogP contribution in [0.3, 0.4) is 0 Å². The summed E-state index contributed by atoms with van der Waals surface area (Å²) in [6, 6.07) is 9.65. The van der Waals surface area contributed by atoms with Crippen LogP contribution in [0.1, 0.15) is 13.8 Å². The summed E-state index contributed by atoms with van der Waals surface area (Å²) < 4.78 is 21.5. The van der Waals surface area contributed by atoms with Crippen molar-refractivity contribution < 1.29 is 19.3 Å². The number of nitrogens with two attached hydrogens (primary N) is 2. The monoisotopic (exact) mass is 447 g/mol. The smallest absolute Gasteiger partial charge is 0.125 e. The molecule has 0 aliphatic carbocycles. The topological polar surface area (TPSA) is 105 Å². The molecule has 0 aliphatic heterocycles. The minimum Gasteiger partial charge on any atom is -0.491 e. The third-order valence-electron chi connectivity index (χ3n) is 4.44. The Morgan fingerprint density at radius 1 is 0.867 bits per heavy atom. The van der Waals surface area contributed by atoms with Gasteiger partial charge in [0.2, 0.25) is 0 Å². The second-order valence-electron chi connectivity index (χ2n) is 7.06. The van der Waals surface area contributed by atoms with Crippen molar-refractivity contribution >= 4 is 53.1 Å². The first-order valence-corrected chi connectivity index (χ1v) is 11.3. The number of nitrogens with zero attached hydrogens (tertiary/aromatic N) is 1. The van der Waals surface area contributed by atoms with Gasteiger partial charge >= 0.3 is 0 Å². The molecule has 3 aromatic heterocycles. The van der Waals surface area contributed by atoms with Gasteiger partial charge in [0.15, 0.2) is 0 Å². The Morgan fingerprint density at radius 3 is 1.97 bits per heavy atom. The average molecular weight is 448 g/mol. The summed E-state index contributed by atoms with van der Waals surface area (Å²) in [7, 11) is 0. The summed E-state index contributed by atoms with van der Waals surface area (Å²) in [5.41, 5.74) is 15.1. The van der Waals surface area contributed by atoms with Gasteiger partial charge in [-0.25, -0.2) is 0 Å². The van der Waals surface area contributed by atoms with Crippen molar-refractivity contribution in [3.8, 4) is 17.2 Å². The van der Waals surface area contributed by atoms with E-state index in [2.05, 4.69) is 4.57 Å². The molecule has 5 N–H and O–H groups in total. The van der Waals surface area contributed by atoms with Gasteiger partial charge in [0.25, 0.3) is 0 Å². The molecule has 9 heteroatoms. The molecule has 0 atom stereocenters. The molecule has 0 radical (unpaired) electrons. The number of aromatic nitrogens is 1. The van der Waals surface area contributed by atoms with Gasteiger partial charge in [0, 0.05) is 18.2 Å². The van der Waals surface area contributed by atoms with Crippen molar-refractivity contribution in [2.45, 2.75) is 20.0 Å². The van der Waals surface area contributed by atoms with Gasteiger partial charge in [-0.3, -0.25) is 0 Å². The zero-order valence-corrected chi connectivity index (χ0v) is 18.5. The highest BCUT2D eigenvalue weighted by molar-refractivity contribution is 7.30. The van der Waals surface area contributed by atoms with Gasteiger partial charge in [-0.1, -0.05) is 0 Å². The third kappa shape index (κ3) is 4.20. The van der Waals surface area contributed by atoms with E-state index in [4.69, 9.17) is 30.8 Å². The first-order chi connectivity index (χ1) is 14.5. The lowest BCUT2D eigenvalue weighted by molar-refractivity contribution is 0.0552. The first kappa shape index (κ1) is 20.8. The van der Waals surface area contributed by atoms with Crippen molar-refractivity contribution in [2.24, 2.45) is 0 Å². The summed E-state index contributed by atoms with van der Waals surface area (Å²) in [4.78, 5) is 0. The predicted octanol–water partition coefficient (Wildman–Crippen LogP) is 4.25. The fourth-order valence-corrected chi connectivity index (χ4v) is 5.29. The number of aliphatic hydroxyl groups excluding tert-OH is 1. The molecular weight excluding hydrogens is 422 g/mol. The van der Waals surface area contributed by atoms with Crippen LogP contribution < -0.4 is 20.9 Å². The van der Waals surface area contributed by atoms with Gasteiger partial charge in [0.1, 0.15) is 24.7 Å². The van der Waals surface area contributed by atoms with Crippen LogP contribution in [0.15, 0.2) is 30.3 Å². The molecular formula is C21H25N3O4S2. The Morgan fingerprint density at radius 2 is 1.43 bits per heavy atom. The van der Waals surface area contributed by atoms with Gasteiger partial charge in [-0.05, 0) is 26.0 Å². The maximum absolute atomic E-state index is 9.16. The van der Waals surface area contributed by atoms with Crippen LogP contribution in [0.5, 0.6) is 11.5 Å². The molecule has 0 saturated heterocycles. The maximum atomic E-state index is 9.16. The first-order valence-electron chi connectivity index (χ1n) is 9.68. The highest BCUT2D eigenvalue weighted by Crippen LogP contribution is 2.44. The zero-order valence-electron chi connectivity index (χ0n) is 16.9. The summed E-state index contributed by atoms with van der Waals surface area (Å²) in [5.74, 6) is 1.27. The van der Waals surface area contributed by atoms with Crippen LogP contribution in [0.4, 0.5) is 10.0 Å². The number of fused-ring (bicyclic) bond motifs is 3. The molecule has 0 spiro atoms. The number of aliphatic hydroxyl groups is 1. The molecule has 0 unspecified atom stereocenters. The van der Waals surface area contributed by atoms with Crippen LogP contribution in [-0.4, -0.2) is 42.2 Å². The summed E-state index contributed by atoms with van der Waals surface area (Å²) in [5, 5.41) is 10.7. The number of anilines is 2. The quantitative estimate of drug-likeness (QED) is 0.331. The number of hydrogen-bond acceptors (Lipinski definition) is 8. The molecule has 1 aromatic carbocycles. The molecule has 4 aromatic rings. The van der Waals surface area contributed by atoms with Crippen molar-refractivity contribution in [1.82, 2.24) is 4.57 Å². The highest BCUT2D eigenvalue weighted by atomic mass is 32.1. The molecule has 0 aliphatic rings. The van der Waals surface area contributed by atoms with E-state index < -0.39 is 0 Å². The van der Waals surface area contributed by atoms with E-state index in [9.17, 15) is 0 Å². The van der Waals surface area contributed by atoms with E-state index in [0.29, 0.717) is 24.7 Å². The molecule has 4 rings (SSSR count). The number of hydrogen-bond donors (Lipinski definition) is 3. The van der Waals surface area contributed by atoms with Crippen molar-refractivity contribution in [3.05, 3.63) is 30.3 Å². The number of thiophene rings is 2. The maximum Gasteiger partial charge on any atom is 0.125 e. The molecule has 0 amide bonds. The SMILES string of the molecule is CC(C)OCCOc1cc(OCCO)cc(-n2c3cc(N)sc3c3sc(N)cc32)c1. The number of benzene rings is 1. The van der Waals surface area contributed by atoms with E-state index in [-0.39, 0.29) is 19.3 Å². The Labute approximate surface area is 182 Å². The highest BCUT2D eigenvalue weighted by Gasteiger charge is 2.18. The van der Waals surface area contributed by atoms with Crippen LogP contribution in [0.2, 0.25) is 0 Å². The van der Waals surface area contributed by atoms with Crippen LogP contribution in [0, 0.1) is 0 Å². The molecule has 3 heterocycles. The van der Waals surface area contributed by atoms with E-state index in [0.717, 1.165) is 36.1 Å². The molecule has 30 heavy (non-hydrogen) atoms. The Hall–Kier alpha value is -2.46. The Balaban J connectivity index is 1.77. The van der Waals surface area contributed by atoms with Crippen molar-refractivity contribution in [2.75, 3.05) is 37.9 Å². The number of ether oxygens (including phenoxy) is 3. The number of rotatable bonds is 9. The standard InChI is InChI=1S/C21H25N3O4S2/c1-12(2)26-5-6-28-15-8-13(7-14(9-15)27-4-3-25)24-16-10-18(22)29-20(16)21-17(24)11-19(23)30-21/h7-12,25H,3-6,22-23H2,1-2H3. The van der Waals surface area contributed by atoms with Gasteiger partial charge in [0.05, 0.1) is 55.4 Å². The minimum absolute atomic E-state index is 0.0667. The van der Waals surface area contributed by atoms with Gasteiger partial charge < -0.3 is 35.4 Å². The largest absolute Gasteiger partial charge is 0.491 e. The molecule has 0 fully saturated rings. The van der Waals surface area contributed by atoms with Crippen LogP contribution in [0.25, 0.3) is 26.1 Å². The predicted molar refractivity (Wildman–Crippen MR) is 125 cm³/mol. The van der Waals surface area contributed by atoms with Crippen molar-refractivity contribution in [3.63, 3.8) is 0 Å². The minimum atomic E-state index is -0.0667. The van der Waals surface area contributed by atoms with E-state index in [1.54, 1.807) is 22.7 Å². The van der Waals surface area contributed by atoms with E-state index in [1.165, 1.54) is 0 Å². The summed E-state index contributed by atoms with van der Waals surface area (Å²) >= 11 is 3.10. The lowest BCUT2D eigenvalue weighted by atomic mass is 10.2. The Bertz CT molecular complexity index is 1110. The van der Waals surface area contributed by atoms with Crippen molar-refractivity contribution in [1.29, 1.82) is 0 Å². The third-order valence-corrected chi connectivity index (χ3v) is 6.51.